The van der Waals surface area contributed by atoms with Gasteiger partial charge in [-0.25, -0.2) is 0 Å². The topological polar surface area (TPSA) is 35.9 Å². The summed E-state index contributed by atoms with van der Waals surface area (Å²) in [7, 11) is 1.67. The molecular formula is C17H18N2O2S. The van der Waals surface area contributed by atoms with Crippen LogP contribution >= 0.6 is 12.2 Å². The first-order chi connectivity index (χ1) is 10.7. The number of phenolic OH excluding ortho intramolecular Hbond substituents is 1. The van der Waals surface area contributed by atoms with Crippen molar-refractivity contribution in [2.45, 2.75) is 0 Å². The molecule has 4 nitrogen and oxygen atoms in total. The molecule has 1 saturated heterocycles. The maximum absolute atomic E-state index is 9.58. The van der Waals surface area contributed by atoms with Gasteiger partial charge in [0.25, 0.3) is 0 Å². The van der Waals surface area contributed by atoms with E-state index in [9.17, 15) is 5.11 Å². The predicted molar refractivity (Wildman–Crippen MR) is 91.7 cm³/mol. The van der Waals surface area contributed by atoms with E-state index in [0.29, 0.717) is 0 Å². The Kier molecular flexibility index (Phi) is 4.15. The first-order valence-electron chi connectivity index (χ1n) is 7.14. The third-order valence-corrected chi connectivity index (χ3v) is 4.29. The molecule has 1 heterocycles. The maximum Gasteiger partial charge on any atom is 0.119 e. The van der Waals surface area contributed by atoms with Gasteiger partial charge >= 0.3 is 0 Å². The Labute approximate surface area is 135 Å². The molecule has 0 radical (unpaired) electrons. The van der Waals surface area contributed by atoms with Gasteiger partial charge in [-0.1, -0.05) is 24.4 Å². The third-order valence-electron chi connectivity index (χ3n) is 3.80. The number of rotatable bonds is 3. The Morgan fingerprint density at radius 2 is 1.91 bits per heavy atom. The van der Waals surface area contributed by atoms with E-state index in [1.165, 1.54) is 0 Å². The van der Waals surface area contributed by atoms with Crippen molar-refractivity contribution in [2.24, 2.45) is 0 Å². The van der Waals surface area contributed by atoms with Crippen molar-refractivity contribution < 1.29 is 9.84 Å². The van der Waals surface area contributed by atoms with E-state index in [4.69, 9.17) is 17.0 Å². The predicted octanol–water partition coefficient (Wildman–Crippen LogP) is 2.86. The molecule has 0 spiro atoms. The molecule has 0 aromatic heterocycles. The lowest BCUT2D eigenvalue weighted by Gasteiger charge is -2.22. The van der Waals surface area contributed by atoms with Crippen LogP contribution < -0.4 is 9.64 Å². The normalized spacial score (nSPS) is 14.2. The van der Waals surface area contributed by atoms with Gasteiger partial charge in [0.2, 0.25) is 0 Å². The SMILES string of the molecule is COc1ccc(N2CCN(C(=S)c3cccc(O)c3)C2)cc1. The van der Waals surface area contributed by atoms with Gasteiger partial charge in [0.05, 0.1) is 13.8 Å². The zero-order chi connectivity index (χ0) is 15.5. The molecule has 22 heavy (non-hydrogen) atoms. The molecule has 1 N–H and O–H groups in total. The Balaban J connectivity index is 1.70. The van der Waals surface area contributed by atoms with Crippen LogP contribution in [-0.2, 0) is 0 Å². The van der Waals surface area contributed by atoms with Crippen LogP contribution in [-0.4, -0.2) is 41.9 Å². The summed E-state index contributed by atoms with van der Waals surface area (Å²) in [5.74, 6) is 1.10. The van der Waals surface area contributed by atoms with Crippen LogP contribution in [0.3, 0.4) is 0 Å². The van der Waals surface area contributed by atoms with Crippen molar-refractivity contribution in [3.63, 3.8) is 0 Å². The van der Waals surface area contributed by atoms with E-state index >= 15 is 0 Å². The largest absolute Gasteiger partial charge is 0.508 e. The summed E-state index contributed by atoms with van der Waals surface area (Å²) in [5.41, 5.74) is 2.04. The molecule has 1 aliphatic rings. The number of methoxy groups -OCH3 is 1. The van der Waals surface area contributed by atoms with Crippen LogP contribution in [0.25, 0.3) is 0 Å². The summed E-state index contributed by atoms with van der Waals surface area (Å²) in [6.07, 6.45) is 0. The highest BCUT2D eigenvalue weighted by molar-refractivity contribution is 7.80. The first-order valence-corrected chi connectivity index (χ1v) is 7.55. The van der Waals surface area contributed by atoms with Gasteiger partial charge in [-0.15, -0.1) is 0 Å². The molecule has 2 aromatic carbocycles. The van der Waals surface area contributed by atoms with E-state index in [1.54, 1.807) is 19.2 Å². The lowest BCUT2D eigenvalue weighted by atomic mass is 10.2. The zero-order valence-electron chi connectivity index (χ0n) is 12.4. The van der Waals surface area contributed by atoms with Crippen molar-refractivity contribution in [3.05, 3.63) is 54.1 Å². The van der Waals surface area contributed by atoms with Crippen LogP contribution in [0.15, 0.2) is 48.5 Å². The molecule has 3 rings (SSSR count). The number of hydrogen-bond donors (Lipinski definition) is 1. The minimum Gasteiger partial charge on any atom is -0.508 e. The molecule has 114 valence electrons. The molecule has 0 amide bonds. The van der Waals surface area contributed by atoms with Gasteiger partial charge in [0, 0.05) is 24.3 Å². The maximum atomic E-state index is 9.58. The number of thiocarbonyl (C=S) groups is 1. The van der Waals surface area contributed by atoms with Crippen LogP contribution in [0.1, 0.15) is 5.56 Å². The van der Waals surface area contributed by atoms with Gasteiger partial charge < -0.3 is 19.6 Å². The van der Waals surface area contributed by atoms with Gasteiger partial charge in [-0.05, 0) is 36.4 Å². The van der Waals surface area contributed by atoms with Crippen LogP contribution in [0, 0.1) is 0 Å². The van der Waals surface area contributed by atoms with Gasteiger partial charge in [0.15, 0.2) is 0 Å². The van der Waals surface area contributed by atoms with E-state index in [2.05, 4.69) is 21.9 Å². The molecule has 0 unspecified atom stereocenters. The quantitative estimate of drug-likeness (QED) is 0.882. The number of ether oxygens (including phenoxy) is 1. The van der Waals surface area contributed by atoms with Gasteiger partial charge in [0.1, 0.15) is 16.5 Å². The van der Waals surface area contributed by atoms with E-state index in [0.717, 1.165) is 41.7 Å². The minimum atomic E-state index is 0.242. The molecule has 0 bridgehead atoms. The van der Waals surface area contributed by atoms with E-state index < -0.39 is 0 Å². The molecule has 0 atom stereocenters. The summed E-state index contributed by atoms with van der Waals surface area (Å²) < 4.78 is 5.19. The molecular weight excluding hydrogens is 296 g/mol. The number of anilines is 1. The van der Waals surface area contributed by atoms with Crippen molar-refractivity contribution in [1.82, 2.24) is 4.90 Å². The number of nitrogens with zero attached hydrogens (tertiary/aromatic N) is 2. The smallest absolute Gasteiger partial charge is 0.119 e. The summed E-state index contributed by atoms with van der Waals surface area (Å²) >= 11 is 5.55. The zero-order valence-corrected chi connectivity index (χ0v) is 13.2. The van der Waals surface area contributed by atoms with E-state index in [-0.39, 0.29) is 5.75 Å². The fourth-order valence-electron chi connectivity index (χ4n) is 2.58. The molecule has 1 fully saturated rings. The molecule has 0 aliphatic carbocycles. The van der Waals surface area contributed by atoms with Crippen LogP contribution in [0.5, 0.6) is 11.5 Å². The summed E-state index contributed by atoms with van der Waals surface area (Å²) in [6, 6.07) is 15.1. The van der Waals surface area contributed by atoms with E-state index in [1.807, 2.05) is 24.3 Å². The highest BCUT2D eigenvalue weighted by Gasteiger charge is 2.23. The standard InChI is InChI=1S/C17H18N2O2S/c1-21-16-7-5-14(6-8-16)18-9-10-19(12-18)17(22)13-3-2-4-15(20)11-13/h2-8,11,20H,9-10,12H2,1H3. The number of benzene rings is 2. The number of phenols is 1. The third kappa shape index (κ3) is 2.99. The summed E-state index contributed by atoms with van der Waals surface area (Å²) in [6.45, 7) is 2.55. The Morgan fingerprint density at radius 1 is 1.14 bits per heavy atom. The average Bonchev–Trinajstić information content (AvgIpc) is 3.04. The molecule has 2 aromatic rings. The second-order valence-corrected chi connectivity index (χ2v) is 5.61. The second-order valence-electron chi connectivity index (χ2n) is 5.22. The fraction of sp³-hybridized carbons (Fsp3) is 0.235. The highest BCUT2D eigenvalue weighted by atomic mass is 32.1. The average molecular weight is 314 g/mol. The highest BCUT2D eigenvalue weighted by Crippen LogP contribution is 2.23. The minimum absolute atomic E-state index is 0.242. The monoisotopic (exact) mass is 314 g/mol. The van der Waals surface area contributed by atoms with Crippen molar-refractivity contribution in [2.75, 3.05) is 31.8 Å². The Bertz CT molecular complexity index is 673. The number of aromatic hydroxyl groups is 1. The molecule has 1 aliphatic heterocycles. The van der Waals surface area contributed by atoms with Crippen molar-refractivity contribution in [3.8, 4) is 11.5 Å². The van der Waals surface area contributed by atoms with Crippen molar-refractivity contribution >= 4 is 22.9 Å². The summed E-state index contributed by atoms with van der Waals surface area (Å²) in [4.78, 5) is 5.19. The number of hydrogen-bond acceptors (Lipinski definition) is 4. The Morgan fingerprint density at radius 3 is 2.59 bits per heavy atom. The fourth-order valence-corrected chi connectivity index (χ4v) is 2.86. The summed E-state index contributed by atoms with van der Waals surface area (Å²) in [5, 5.41) is 9.58. The molecule has 5 heteroatoms. The lowest BCUT2D eigenvalue weighted by molar-refractivity contribution is 0.415. The second kappa shape index (κ2) is 6.23. The van der Waals surface area contributed by atoms with Crippen LogP contribution in [0.2, 0.25) is 0 Å². The first kappa shape index (κ1) is 14.7. The Hall–Kier alpha value is -2.27. The van der Waals surface area contributed by atoms with Crippen LogP contribution in [0.4, 0.5) is 5.69 Å². The van der Waals surface area contributed by atoms with Gasteiger partial charge in [-0.2, -0.15) is 0 Å². The lowest BCUT2D eigenvalue weighted by Crippen LogP contribution is -2.30. The molecule has 0 saturated carbocycles. The van der Waals surface area contributed by atoms with Gasteiger partial charge in [-0.3, -0.25) is 0 Å². The van der Waals surface area contributed by atoms with Crippen molar-refractivity contribution in [1.29, 1.82) is 0 Å².